The molecule has 3 aliphatic rings. The Kier molecular flexibility index (Phi) is 3.69. The van der Waals surface area contributed by atoms with E-state index >= 15 is 0 Å². The van der Waals surface area contributed by atoms with Crippen LogP contribution in [0.4, 0.5) is 6.01 Å². The molecule has 2 aliphatic carbocycles. The van der Waals surface area contributed by atoms with E-state index in [9.17, 15) is 4.79 Å². The summed E-state index contributed by atoms with van der Waals surface area (Å²) in [6, 6.07) is 6.27. The molecule has 0 unspecified atom stereocenters. The first kappa shape index (κ1) is 15.8. The highest BCUT2D eigenvalue weighted by Gasteiger charge is 2.45. The highest BCUT2D eigenvalue weighted by molar-refractivity contribution is 5.80. The Morgan fingerprint density at radius 1 is 1.19 bits per heavy atom. The van der Waals surface area contributed by atoms with Crippen molar-refractivity contribution >= 4 is 11.9 Å². The Morgan fingerprint density at radius 2 is 2.04 bits per heavy atom. The topological polar surface area (TPSA) is 84.2 Å². The monoisotopic (exact) mass is 353 g/mol. The van der Waals surface area contributed by atoms with Gasteiger partial charge in [0.25, 0.3) is 0 Å². The van der Waals surface area contributed by atoms with E-state index in [4.69, 9.17) is 4.42 Å². The van der Waals surface area contributed by atoms with Gasteiger partial charge in [0.05, 0.1) is 6.54 Å². The lowest BCUT2D eigenvalue weighted by Crippen LogP contribution is -2.41. The number of piperidine rings is 1. The number of hydrogen-bond donors (Lipinski definition) is 1. The number of amides is 1. The van der Waals surface area contributed by atoms with Crippen LogP contribution >= 0.6 is 0 Å². The van der Waals surface area contributed by atoms with E-state index in [0.717, 1.165) is 38.0 Å². The largest absolute Gasteiger partial charge is 0.408 e. The van der Waals surface area contributed by atoms with Crippen LogP contribution in [-0.4, -0.2) is 45.6 Å². The molecular formula is C19H23N5O2. The van der Waals surface area contributed by atoms with Crippen LogP contribution in [-0.2, 0) is 4.79 Å². The molecular weight excluding hydrogens is 330 g/mol. The Bertz CT molecular complexity index is 791. The van der Waals surface area contributed by atoms with Crippen LogP contribution in [0.25, 0.3) is 0 Å². The summed E-state index contributed by atoms with van der Waals surface area (Å²) in [6.45, 7) is 1.97. The van der Waals surface area contributed by atoms with Crippen LogP contribution in [0.3, 0.4) is 0 Å². The molecule has 7 heteroatoms. The van der Waals surface area contributed by atoms with Crippen molar-refractivity contribution in [3.05, 3.63) is 36.0 Å². The number of carbonyl (C=O) groups is 1. The second kappa shape index (κ2) is 6.07. The molecule has 1 amide bonds. The van der Waals surface area contributed by atoms with E-state index in [-0.39, 0.29) is 18.4 Å². The second-order valence-electron chi connectivity index (χ2n) is 7.88. The first-order valence-electron chi connectivity index (χ1n) is 9.48. The zero-order chi connectivity index (χ0) is 17.6. The summed E-state index contributed by atoms with van der Waals surface area (Å²) in [4.78, 5) is 18.7. The summed E-state index contributed by atoms with van der Waals surface area (Å²) < 4.78 is 5.71. The van der Waals surface area contributed by atoms with E-state index in [2.05, 4.69) is 20.5 Å². The fourth-order valence-corrected chi connectivity index (χ4v) is 4.02. The zero-order valence-electron chi connectivity index (χ0n) is 14.7. The molecule has 3 heterocycles. The standard InChI is InChI=1S/C19H23N5O2/c25-16(24-9-6-19(4-5-19)7-10-24)12-21-18-23-22-17(26-18)14-11-13(14)15-3-1-2-8-20-15/h1-3,8,13-14H,4-7,9-12H2,(H,21,23)/t13-,14-/m0/s1. The summed E-state index contributed by atoms with van der Waals surface area (Å²) in [5.74, 6) is 1.33. The maximum atomic E-state index is 12.4. The lowest BCUT2D eigenvalue weighted by atomic mass is 9.94. The van der Waals surface area contributed by atoms with E-state index in [0.29, 0.717) is 23.2 Å². The predicted octanol–water partition coefficient (Wildman–Crippen LogP) is 2.55. The SMILES string of the molecule is O=C(CNc1nnc([C@H]2C[C@@H]2c2ccccn2)o1)N1CCC2(CC1)CC2. The lowest BCUT2D eigenvalue weighted by molar-refractivity contribution is -0.130. The van der Waals surface area contributed by atoms with E-state index in [1.807, 2.05) is 29.3 Å². The van der Waals surface area contributed by atoms with Crippen LogP contribution in [0.5, 0.6) is 0 Å². The maximum absolute atomic E-state index is 12.4. The molecule has 1 saturated heterocycles. The fourth-order valence-electron chi connectivity index (χ4n) is 4.02. The number of rotatable bonds is 5. The molecule has 2 aromatic heterocycles. The third-order valence-electron chi connectivity index (χ3n) is 6.14. The lowest BCUT2D eigenvalue weighted by Gasteiger charge is -2.32. The molecule has 1 aliphatic heterocycles. The maximum Gasteiger partial charge on any atom is 0.315 e. The molecule has 2 atom stereocenters. The molecule has 1 N–H and O–H groups in total. The van der Waals surface area contributed by atoms with Gasteiger partial charge in [-0.05, 0) is 49.7 Å². The Labute approximate surface area is 152 Å². The third kappa shape index (κ3) is 3.06. The van der Waals surface area contributed by atoms with Gasteiger partial charge in [-0.2, -0.15) is 0 Å². The van der Waals surface area contributed by atoms with Crippen LogP contribution in [0, 0.1) is 5.41 Å². The molecule has 26 heavy (non-hydrogen) atoms. The van der Waals surface area contributed by atoms with Gasteiger partial charge in [0.1, 0.15) is 0 Å². The fraction of sp³-hybridized carbons (Fsp3) is 0.579. The second-order valence-corrected chi connectivity index (χ2v) is 7.88. The molecule has 5 rings (SSSR count). The van der Waals surface area contributed by atoms with Crippen molar-refractivity contribution < 1.29 is 9.21 Å². The molecule has 1 spiro atoms. The van der Waals surface area contributed by atoms with Crippen molar-refractivity contribution in [2.45, 2.75) is 43.9 Å². The molecule has 2 saturated carbocycles. The minimum Gasteiger partial charge on any atom is -0.408 e. The zero-order valence-corrected chi connectivity index (χ0v) is 14.7. The Morgan fingerprint density at radius 3 is 2.77 bits per heavy atom. The first-order chi connectivity index (χ1) is 12.7. The minimum absolute atomic E-state index is 0.109. The smallest absolute Gasteiger partial charge is 0.315 e. The van der Waals surface area contributed by atoms with Crippen LogP contribution in [0.1, 0.15) is 55.5 Å². The first-order valence-corrected chi connectivity index (χ1v) is 9.48. The average Bonchev–Trinajstić information content (AvgIpc) is 3.60. The number of pyridine rings is 1. The van der Waals surface area contributed by atoms with Gasteiger partial charge in [0.2, 0.25) is 11.8 Å². The molecule has 2 aromatic rings. The van der Waals surface area contributed by atoms with Gasteiger partial charge >= 0.3 is 6.01 Å². The van der Waals surface area contributed by atoms with Gasteiger partial charge in [-0.1, -0.05) is 11.2 Å². The molecule has 3 fully saturated rings. The van der Waals surface area contributed by atoms with Gasteiger partial charge < -0.3 is 14.6 Å². The number of aromatic nitrogens is 3. The minimum atomic E-state index is 0.109. The molecule has 0 aromatic carbocycles. The van der Waals surface area contributed by atoms with Crippen LogP contribution in [0.15, 0.2) is 28.8 Å². The Hall–Kier alpha value is -2.44. The number of anilines is 1. The van der Waals surface area contributed by atoms with Gasteiger partial charge in [-0.25, -0.2) is 0 Å². The van der Waals surface area contributed by atoms with Gasteiger partial charge in [-0.15, -0.1) is 5.10 Å². The van der Waals surface area contributed by atoms with Crippen molar-refractivity contribution in [2.75, 3.05) is 25.0 Å². The van der Waals surface area contributed by atoms with Gasteiger partial charge in [-0.3, -0.25) is 9.78 Å². The summed E-state index contributed by atoms with van der Waals surface area (Å²) >= 11 is 0. The summed E-state index contributed by atoms with van der Waals surface area (Å²) in [6.07, 6.45) is 7.79. The van der Waals surface area contributed by atoms with E-state index < -0.39 is 0 Å². The third-order valence-corrected chi connectivity index (χ3v) is 6.14. The van der Waals surface area contributed by atoms with Crippen LogP contribution < -0.4 is 5.32 Å². The summed E-state index contributed by atoms with van der Waals surface area (Å²) in [5, 5.41) is 11.2. The van der Waals surface area contributed by atoms with Crippen molar-refractivity contribution in [1.29, 1.82) is 0 Å². The normalized spacial score (nSPS) is 25.9. The molecule has 136 valence electrons. The van der Waals surface area contributed by atoms with Gasteiger partial charge in [0.15, 0.2) is 0 Å². The van der Waals surface area contributed by atoms with Crippen molar-refractivity contribution in [1.82, 2.24) is 20.1 Å². The number of nitrogens with one attached hydrogen (secondary N) is 1. The average molecular weight is 353 g/mol. The predicted molar refractivity (Wildman–Crippen MR) is 94.6 cm³/mol. The van der Waals surface area contributed by atoms with Crippen LogP contribution in [0.2, 0.25) is 0 Å². The highest BCUT2D eigenvalue weighted by Crippen LogP contribution is 2.54. The number of carbonyl (C=O) groups excluding carboxylic acids is 1. The van der Waals surface area contributed by atoms with Crippen molar-refractivity contribution in [3.8, 4) is 0 Å². The number of hydrogen-bond acceptors (Lipinski definition) is 6. The molecule has 7 nitrogen and oxygen atoms in total. The summed E-state index contributed by atoms with van der Waals surface area (Å²) in [7, 11) is 0. The number of likely N-dealkylation sites (tertiary alicyclic amines) is 1. The van der Waals surface area contributed by atoms with Gasteiger partial charge in [0, 0.05) is 36.8 Å². The van der Waals surface area contributed by atoms with E-state index in [1.54, 1.807) is 0 Å². The number of nitrogens with zero attached hydrogens (tertiary/aromatic N) is 4. The van der Waals surface area contributed by atoms with Crippen molar-refractivity contribution in [2.24, 2.45) is 5.41 Å². The highest BCUT2D eigenvalue weighted by atomic mass is 16.4. The molecule has 0 bridgehead atoms. The van der Waals surface area contributed by atoms with E-state index in [1.165, 1.54) is 12.8 Å². The summed E-state index contributed by atoms with van der Waals surface area (Å²) in [5.41, 5.74) is 1.65. The molecule has 0 radical (unpaired) electrons. The quantitative estimate of drug-likeness (QED) is 0.889. The van der Waals surface area contributed by atoms with Crippen molar-refractivity contribution in [3.63, 3.8) is 0 Å². The Balaban J connectivity index is 1.13.